The van der Waals surface area contributed by atoms with E-state index in [4.69, 9.17) is 4.98 Å². The van der Waals surface area contributed by atoms with Gasteiger partial charge in [0.25, 0.3) is 5.56 Å². The zero-order valence-corrected chi connectivity index (χ0v) is 19.3. The van der Waals surface area contributed by atoms with Gasteiger partial charge in [0.2, 0.25) is 5.91 Å². The van der Waals surface area contributed by atoms with E-state index >= 15 is 0 Å². The molecule has 0 spiro atoms. The van der Waals surface area contributed by atoms with Crippen LogP contribution in [0.25, 0.3) is 0 Å². The van der Waals surface area contributed by atoms with E-state index in [1.54, 1.807) is 16.3 Å². The lowest BCUT2D eigenvalue weighted by Gasteiger charge is -2.32. The third-order valence-electron chi connectivity index (χ3n) is 5.94. The van der Waals surface area contributed by atoms with Gasteiger partial charge in [0.1, 0.15) is 0 Å². The average molecular weight is 444 g/mol. The number of hydrogen-bond donors (Lipinski definition) is 0. The third-order valence-corrected chi connectivity index (χ3v) is 8.11. The maximum absolute atomic E-state index is 12.8. The standard InChI is InChI=1S/C23H29N3O2S2/c1-3-26-22(28)21-19(13-16(2)30-21)24-23(26)29-15-20(27)25-11-9-18(10-12-25)14-17-7-5-4-6-8-17/h4-8,16,18H,3,9-15H2,1-2H3. The maximum atomic E-state index is 12.8. The van der Waals surface area contributed by atoms with Crippen LogP contribution in [0.2, 0.25) is 0 Å². The molecule has 1 saturated heterocycles. The summed E-state index contributed by atoms with van der Waals surface area (Å²) in [5.41, 5.74) is 2.33. The number of fused-ring (bicyclic) bond motifs is 1. The molecule has 1 unspecified atom stereocenters. The van der Waals surface area contributed by atoms with Crippen LogP contribution in [0.1, 0.15) is 37.9 Å². The van der Waals surface area contributed by atoms with Crippen LogP contribution >= 0.6 is 23.5 Å². The highest BCUT2D eigenvalue weighted by molar-refractivity contribution is 8.00. The summed E-state index contributed by atoms with van der Waals surface area (Å²) in [5.74, 6) is 1.14. The number of carbonyl (C=O) groups is 1. The lowest BCUT2D eigenvalue weighted by Crippen LogP contribution is -2.40. The molecule has 2 aliphatic rings. The molecule has 0 N–H and O–H groups in total. The molecule has 2 aromatic rings. The summed E-state index contributed by atoms with van der Waals surface area (Å²) in [5, 5.41) is 1.08. The minimum atomic E-state index is 0.0496. The van der Waals surface area contributed by atoms with Crippen molar-refractivity contribution in [2.45, 2.75) is 61.4 Å². The fraction of sp³-hybridized carbons (Fsp3) is 0.522. The van der Waals surface area contributed by atoms with Crippen molar-refractivity contribution < 1.29 is 4.79 Å². The Morgan fingerprint density at radius 2 is 1.97 bits per heavy atom. The van der Waals surface area contributed by atoms with Gasteiger partial charge in [0.05, 0.1) is 16.3 Å². The number of aromatic nitrogens is 2. The van der Waals surface area contributed by atoms with Gasteiger partial charge < -0.3 is 4.90 Å². The Bertz CT molecular complexity index is 953. The molecule has 0 aliphatic carbocycles. The Balaban J connectivity index is 1.33. The molecule has 0 bridgehead atoms. The minimum Gasteiger partial charge on any atom is -0.342 e. The van der Waals surface area contributed by atoms with Crippen LogP contribution < -0.4 is 5.56 Å². The van der Waals surface area contributed by atoms with E-state index in [0.29, 0.717) is 28.6 Å². The van der Waals surface area contributed by atoms with Crippen LogP contribution in [-0.4, -0.2) is 44.5 Å². The summed E-state index contributed by atoms with van der Waals surface area (Å²) in [7, 11) is 0. The zero-order chi connectivity index (χ0) is 21.1. The largest absolute Gasteiger partial charge is 0.342 e. The van der Waals surface area contributed by atoms with Crippen LogP contribution in [-0.2, 0) is 24.2 Å². The van der Waals surface area contributed by atoms with Gasteiger partial charge in [-0.25, -0.2) is 4.98 Å². The van der Waals surface area contributed by atoms with Gasteiger partial charge in [-0.3, -0.25) is 14.2 Å². The molecule has 0 saturated carbocycles. The second-order valence-electron chi connectivity index (χ2n) is 8.15. The van der Waals surface area contributed by atoms with E-state index in [1.165, 1.54) is 17.3 Å². The van der Waals surface area contributed by atoms with Gasteiger partial charge in [-0.1, -0.05) is 49.0 Å². The van der Waals surface area contributed by atoms with Crippen molar-refractivity contribution in [2.24, 2.45) is 5.92 Å². The van der Waals surface area contributed by atoms with Crippen LogP contribution in [0, 0.1) is 5.92 Å². The predicted octanol–water partition coefficient (Wildman–Crippen LogP) is 3.87. The fourth-order valence-corrected chi connectivity index (χ4v) is 6.37. The highest BCUT2D eigenvalue weighted by atomic mass is 32.2. The molecule has 3 heterocycles. The number of thioether (sulfide) groups is 2. The van der Waals surface area contributed by atoms with Crippen molar-refractivity contribution in [1.29, 1.82) is 0 Å². The summed E-state index contributed by atoms with van der Waals surface area (Å²) in [6, 6.07) is 10.6. The van der Waals surface area contributed by atoms with Gasteiger partial charge in [0, 0.05) is 31.3 Å². The number of carbonyl (C=O) groups excluding carboxylic acids is 1. The van der Waals surface area contributed by atoms with Crippen LogP contribution in [0.4, 0.5) is 0 Å². The zero-order valence-electron chi connectivity index (χ0n) is 17.7. The normalized spacial score (nSPS) is 19.1. The Kier molecular flexibility index (Phi) is 6.88. The fourth-order valence-electron chi connectivity index (χ4n) is 4.27. The quantitative estimate of drug-likeness (QED) is 0.501. The number of piperidine rings is 1. The molecular formula is C23H29N3O2S2. The van der Waals surface area contributed by atoms with Gasteiger partial charge >= 0.3 is 0 Å². The molecule has 1 fully saturated rings. The van der Waals surface area contributed by atoms with Gasteiger partial charge in [-0.05, 0) is 37.7 Å². The number of hydrogen-bond acceptors (Lipinski definition) is 5. The van der Waals surface area contributed by atoms with Crippen LogP contribution in [0.5, 0.6) is 0 Å². The van der Waals surface area contributed by atoms with Crippen molar-refractivity contribution in [3.8, 4) is 0 Å². The first-order valence-electron chi connectivity index (χ1n) is 10.8. The lowest BCUT2D eigenvalue weighted by atomic mass is 9.90. The molecule has 160 valence electrons. The van der Waals surface area contributed by atoms with Crippen molar-refractivity contribution in [2.75, 3.05) is 18.8 Å². The second kappa shape index (κ2) is 9.60. The smallest absolute Gasteiger partial charge is 0.268 e. The van der Waals surface area contributed by atoms with E-state index in [-0.39, 0.29) is 11.5 Å². The SMILES string of the molecule is CCn1c(SCC(=O)N2CCC(Cc3ccccc3)CC2)nc2c(c1=O)SC(C)C2. The van der Waals surface area contributed by atoms with Crippen molar-refractivity contribution >= 4 is 29.4 Å². The first-order chi connectivity index (χ1) is 14.5. The number of rotatable bonds is 6. The molecule has 1 aromatic carbocycles. The van der Waals surface area contributed by atoms with E-state index in [0.717, 1.165) is 49.4 Å². The van der Waals surface area contributed by atoms with Crippen molar-refractivity contribution in [3.63, 3.8) is 0 Å². The van der Waals surface area contributed by atoms with Crippen molar-refractivity contribution in [3.05, 3.63) is 51.9 Å². The number of benzene rings is 1. The molecule has 4 rings (SSSR count). The Morgan fingerprint density at radius 3 is 2.67 bits per heavy atom. The van der Waals surface area contributed by atoms with Gasteiger partial charge in [0.15, 0.2) is 5.16 Å². The average Bonchev–Trinajstić information content (AvgIpc) is 3.14. The molecule has 30 heavy (non-hydrogen) atoms. The molecule has 2 aliphatic heterocycles. The molecule has 7 heteroatoms. The minimum absolute atomic E-state index is 0.0496. The highest BCUT2D eigenvalue weighted by Crippen LogP contribution is 2.34. The van der Waals surface area contributed by atoms with Crippen molar-refractivity contribution in [1.82, 2.24) is 14.5 Å². The number of amides is 1. The number of nitrogens with zero attached hydrogens (tertiary/aromatic N) is 3. The predicted molar refractivity (Wildman–Crippen MR) is 123 cm³/mol. The second-order valence-corrected chi connectivity index (χ2v) is 10.5. The Morgan fingerprint density at radius 1 is 1.23 bits per heavy atom. The molecule has 1 atom stereocenters. The number of likely N-dealkylation sites (tertiary alicyclic amines) is 1. The molecular weight excluding hydrogens is 414 g/mol. The highest BCUT2D eigenvalue weighted by Gasteiger charge is 2.27. The van der Waals surface area contributed by atoms with Gasteiger partial charge in [-0.15, -0.1) is 11.8 Å². The maximum Gasteiger partial charge on any atom is 0.268 e. The Hall–Kier alpha value is -1.73. The van der Waals surface area contributed by atoms with Crippen LogP contribution in [0.15, 0.2) is 45.2 Å². The summed E-state index contributed by atoms with van der Waals surface area (Å²) < 4.78 is 1.72. The topological polar surface area (TPSA) is 55.2 Å². The molecule has 0 radical (unpaired) electrons. The third kappa shape index (κ3) is 4.78. The van der Waals surface area contributed by atoms with Crippen LogP contribution in [0.3, 0.4) is 0 Å². The van der Waals surface area contributed by atoms with Gasteiger partial charge in [-0.2, -0.15) is 0 Å². The summed E-state index contributed by atoms with van der Waals surface area (Å²) in [4.78, 5) is 33.1. The molecule has 1 aromatic heterocycles. The summed E-state index contributed by atoms with van der Waals surface area (Å²) >= 11 is 3.03. The summed E-state index contributed by atoms with van der Waals surface area (Å²) in [6.45, 7) is 6.31. The Labute approximate surface area is 186 Å². The monoisotopic (exact) mass is 443 g/mol. The van der Waals surface area contributed by atoms with E-state index in [2.05, 4.69) is 37.3 Å². The first-order valence-corrected chi connectivity index (χ1v) is 12.7. The van der Waals surface area contributed by atoms with E-state index < -0.39 is 0 Å². The van der Waals surface area contributed by atoms with E-state index in [1.807, 2.05) is 11.8 Å². The molecule has 5 nitrogen and oxygen atoms in total. The van der Waals surface area contributed by atoms with E-state index in [9.17, 15) is 9.59 Å². The summed E-state index contributed by atoms with van der Waals surface area (Å²) in [6.07, 6.45) is 4.03. The first kappa shape index (κ1) is 21.5. The lowest BCUT2D eigenvalue weighted by molar-refractivity contribution is -0.129. The molecule has 1 amide bonds.